The minimum atomic E-state index is -0.184. The van der Waals surface area contributed by atoms with E-state index in [1.165, 1.54) is 20.3 Å². The largest absolute Gasteiger partial charge is 0.504 e. The maximum atomic E-state index is 9.68. The van der Waals surface area contributed by atoms with Crippen LogP contribution in [-0.2, 0) is 6.42 Å². The van der Waals surface area contributed by atoms with Gasteiger partial charge in [-0.3, -0.25) is 0 Å². The summed E-state index contributed by atoms with van der Waals surface area (Å²) in [6, 6.07) is 1.34. The highest BCUT2D eigenvalue weighted by molar-refractivity contribution is 5.60. The Morgan fingerprint density at radius 1 is 1.20 bits per heavy atom. The second kappa shape index (κ2) is 4.77. The molecule has 4 nitrogen and oxygen atoms in total. The van der Waals surface area contributed by atoms with Gasteiger partial charge in [0.1, 0.15) is 0 Å². The van der Waals surface area contributed by atoms with Crippen LogP contribution in [0.4, 0.5) is 0 Å². The van der Waals surface area contributed by atoms with Crippen molar-refractivity contribution in [1.82, 2.24) is 0 Å². The van der Waals surface area contributed by atoms with E-state index in [1.54, 1.807) is 0 Å². The van der Waals surface area contributed by atoms with Gasteiger partial charge in [-0.1, -0.05) is 13.3 Å². The number of aromatic hydroxyl groups is 2. The fourth-order valence-electron chi connectivity index (χ4n) is 1.53. The number of methoxy groups -OCH3 is 2. The number of ether oxygens (including phenoxy) is 2. The lowest BCUT2D eigenvalue weighted by atomic mass is 10.1. The van der Waals surface area contributed by atoms with Crippen LogP contribution in [-0.4, -0.2) is 24.4 Å². The van der Waals surface area contributed by atoms with Crippen molar-refractivity contribution < 1.29 is 19.7 Å². The van der Waals surface area contributed by atoms with Crippen LogP contribution < -0.4 is 9.47 Å². The maximum absolute atomic E-state index is 9.68. The van der Waals surface area contributed by atoms with Crippen molar-refractivity contribution in [1.29, 1.82) is 0 Å². The lowest BCUT2D eigenvalue weighted by Gasteiger charge is -2.14. The first-order chi connectivity index (χ1) is 7.15. The first kappa shape index (κ1) is 11.5. The highest BCUT2D eigenvalue weighted by atomic mass is 16.5. The summed E-state index contributed by atoms with van der Waals surface area (Å²) in [5.74, 6) is 0.594. The Labute approximate surface area is 89.1 Å². The zero-order valence-electron chi connectivity index (χ0n) is 9.20. The Hall–Kier alpha value is -1.58. The lowest BCUT2D eigenvalue weighted by Crippen LogP contribution is -1.96. The summed E-state index contributed by atoms with van der Waals surface area (Å²) in [4.78, 5) is 0. The Bertz CT molecular complexity index is 347. The monoisotopic (exact) mass is 212 g/mol. The molecule has 0 amide bonds. The van der Waals surface area contributed by atoms with Gasteiger partial charge in [0.25, 0.3) is 0 Å². The van der Waals surface area contributed by atoms with Crippen molar-refractivity contribution in [2.45, 2.75) is 19.8 Å². The molecule has 84 valence electrons. The van der Waals surface area contributed by atoms with Crippen molar-refractivity contribution >= 4 is 0 Å². The van der Waals surface area contributed by atoms with E-state index in [4.69, 9.17) is 9.47 Å². The minimum Gasteiger partial charge on any atom is -0.504 e. The van der Waals surface area contributed by atoms with Crippen molar-refractivity contribution in [2.75, 3.05) is 14.2 Å². The smallest absolute Gasteiger partial charge is 0.167 e. The van der Waals surface area contributed by atoms with E-state index in [1.807, 2.05) is 6.92 Å². The molecule has 0 aliphatic rings. The molecule has 1 aromatic carbocycles. The number of rotatable bonds is 4. The molecule has 1 rings (SSSR count). The topological polar surface area (TPSA) is 58.9 Å². The molecular weight excluding hydrogens is 196 g/mol. The zero-order valence-corrected chi connectivity index (χ0v) is 9.20. The van der Waals surface area contributed by atoms with Crippen LogP contribution in [0.1, 0.15) is 18.9 Å². The molecule has 0 saturated heterocycles. The van der Waals surface area contributed by atoms with E-state index >= 15 is 0 Å². The fourth-order valence-corrected chi connectivity index (χ4v) is 1.53. The molecule has 0 aromatic heterocycles. The number of hydrogen-bond donors (Lipinski definition) is 2. The van der Waals surface area contributed by atoms with E-state index in [9.17, 15) is 10.2 Å². The van der Waals surface area contributed by atoms with Crippen LogP contribution >= 0.6 is 0 Å². The highest BCUT2D eigenvalue weighted by Crippen LogP contribution is 2.43. The molecule has 0 radical (unpaired) electrons. The van der Waals surface area contributed by atoms with Crippen LogP contribution in [0.25, 0.3) is 0 Å². The normalized spacial score (nSPS) is 10.1. The van der Waals surface area contributed by atoms with Gasteiger partial charge in [-0.25, -0.2) is 0 Å². The van der Waals surface area contributed by atoms with Crippen LogP contribution in [0.15, 0.2) is 6.07 Å². The van der Waals surface area contributed by atoms with Crippen molar-refractivity contribution in [2.24, 2.45) is 0 Å². The molecule has 0 fully saturated rings. The standard InChI is InChI=1S/C11H16O4/c1-4-5-7-10(13)8(12)6-9(14-2)11(7)15-3/h6,12-13H,4-5H2,1-3H3. The molecular formula is C11H16O4. The van der Waals surface area contributed by atoms with Crippen LogP contribution in [0.5, 0.6) is 23.0 Å². The quantitative estimate of drug-likeness (QED) is 0.750. The Morgan fingerprint density at radius 2 is 1.87 bits per heavy atom. The van der Waals surface area contributed by atoms with E-state index < -0.39 is 0 Å². The first-order valence-electron chi connectivity index (χ1n) is 4.81. The van der Waals surface area contributed by atoms with Gasteiger partial charge in [0, 0.05) is 11.6 Å². The average Bonchev–Trinajstić information content (AvgIpc) is 2.24. The molecule has 0 aliphatic heterocycles. The molecule has 1 aromatic rings. The maximum Gasteiger partial charge on any atom is 0.167 e. The number of phenolic OH excluding ortho intramolecular Hbond substituents is 2. The third kappa shape index (κ3) is 2.09. The van der Waals surface area contributed by atoms with E-state index in [0.717, 1.165) is 6.42 Å². The Balaban J connectivity index is 3.35. The predicted molar refractivity (Wildman–Crippen MR) is 56.9 cm³/mol. The SMILES string of the molecule is CCCc1c(O)c(O)cc(OC)c1OC. The summed E-state index contributed by atoms with van der Waals surface area (Å²) in [6.07, 6.45) is 1.47. The van der Waals surface area contributed by atoms with Gasteiger partial charge < -0.3 is 19.7 Å². The number of benzene rings is 1. The molecule has 0 saturated carbocycles. The summed E-state index contributed by atoms with van der Waals surface area (Å²) in [5.41, 5.74) is 0.580. The van der Waals surface area contributed by atoms with Gasteiger partial charge in [-0.05, 0) is 6.42 Å². The van der Waals surface area contributed by atoms with Gasteiger partial charge >= 0.3 is 0 Å². The second-order valence-electron chi connectivity index (χ2n) is 3.21. The highest BCUT2D eigenvalue weighted by Gasteiger charge is 2.17. The van der Waals surface area contributed by atoms with Gasteiger partial charge in [0.15, 0.2) is 23.0 Å². The molecule has 0 heterocycles. The Morgan fingerprint density at radius 3 is 2.33 bits per heavy atom. The molecule has 0 spiro atoms. The van der Waals surface area contributed by atoms with Crippen LogP contribution in [0, 0.1) is 0 Å². The van der Waals surface area contributed by atoms with E-state index in [-0.39, 0.29) is 11.5 Å². The third-order valence-electron chi connectivity index (χ3n) is 2.22. The summed E-state index contributed by atoms with van der Waals surface area (Å²) in [5, 5.41) is 19.1. The molecule has 15 heavy (non-hydrogen) atoms. The molecule has 2 N–H and O–H groups in total. The van der Waals surface area contributed by atoms with Gasteiger partial charge in [-0.2, -0.15) is 0 Å². The van der Waals surface area contributed by atoms with Gasteiger partial charge in [0.2, 0.25) is 0 Å². The van der Waals surface area contributed by atoms with Crippen molar-refractivity contribution in [3.63, 3.8) is 0 Å². The lowest BCUT2D eigenvalue weighted by molar-refractivity contribution is 0.336. The Kier molecular flexibility index (Phi) is 3.66. The molecule has 0 bridgehead atoms. The number of phenols is 2. The van der Waals surface area contributed by atoms with E-state index in [0.29, 0.717) is 23.5 Å². The third-order valence-corrected chi connectivity index (χ3v) is 2.22. The second-order valence-corrected chi connectivity index (χ2v) is 3.21. The summed E-state index contributed by atoms with van der Waals surface area (Å²) in [6.45, 7) is 1.98. The van der Waals surface area contributed by atoms with Crippen LogP contribution in [0.3, 0.4) is 0 Å². The van der Waals surface area contributed by atoms with Crippen molar-refractivity contribution in [3.05, 3.63) is 11.6 Å². The molecule has 0 aliphatic carbocycles. The summed E-state index contributed by atoms with van der Waals surface area (Å²) in [7, 11) is 3.00. The molecule has 0 atom stereocenters. The van der Waals surface area contributed by atoms with Gasteiger partial charge in [-0.15, -0.1) is 0 Å². The fraction of sp³-hybridized carbons (Fsp3) is 0.455. The number of hydrogen-bond acceptors (Lipinski definition) is 4. The van der Waals surface area contributed by atoms with Crippen LogP contribution in [0.2, 0.25) is 0 Å². The first-order valence-corrected chi connectivity index (χ1v) is 4.81. The molecule has 4 heteroatoms. The summed E-state index contributed by atoms with van der Waals surface area (Å²) < 4.78 is 10.2. The minimum absolute atomic E-state index is 0.130. The van der Waals surface area contributed by atoms with E-state index in [2.05, 4.69) is 0 Å². The average molecular weight is 212 g/mol. The summed E-state index contributed by atoms with van der Waals surface area (Å²) >= 11 is 0. The van der Waals surface area contributed by atoms with Crippen molar-refractivity contribution in [3.8, 4) is 23.0 Å². The van der Waals surface area contributed by atoms with Gasteiger partial charge in [0.05, 0.1) is 14.2 Å². The predicted octanol–water partition coefficient (Wildman–Crippen LogP) is 2.07. The molecule has 0 unspecified atom stereocenters. The zero-order chi connectivity index (χ0) is 11.4.